The van der Waals surface area contributed by atoms with E-state index in [0.29, 0.717) is 18.9 Å². The Kier molecular flexibility index (Phi) is 4.95. The van der Waals surface area contributed by atoms with Gasteiger partial charge in [-0.25, -0.2) is 0 Å². The van der Waals surface area contributed by atoms with E-state index < -0.39 is 11.6 Å². The van der Waals surface area contributed by atoms with Gasteiger partial charge in [0.2, 0.25) is 5.91 Å². The first-order valence-corrected chi connectivity index (χ1v) is 6.57. The highest BCUT2D eigenvalue weighted by atomic mass is 16.3. The summed E-state index contributed by atoms with van der Waals surface area (Å²) in [5.74, 6) is 0.357. The predicted octanol–water partition coefficient (Wildman–Crippen LogP) is 1.12. The maximum Gasteiger partial charge on any atom is 0.239 e. The van der Waals surface area contributed by atoms with Gasteiger partial charge >= 0.3 is 0 Å². The van der Waals surface area contributed by atoms with Crippen molar-refractivity contribution in [2.75, 3.05) is 13.6 Å². The van der Waals surface area contributed by atoms with E-state index in [9.17, 15) is 9.90 Å². The molecule has 0 aromatic heterocycles. The standard InChI is InChI=1S/C13H26N2O2/c1-10(2)8-11(14)12(16)15(3)9-13(17)6-4-5-7-13/h10-11,17H,4-9,14H2,1-3H3/t11-/m1/s1. The van der Waals surface area contributed by atoms with Gasteiger partial charge in [-0.2, -0.15) is 0 Å². The van der Waals surface area contributed by atoms with Gasteiger partial charge in [0.05, 0.1) is 11.6 Å². The van der Waals surface area contributed by atoms with Crippen molar-refractivity contribution >= 4 is 5.91 Å². The third-order valence-electron chi connectivity index (χ3n) is 3.48. The minimum Gasteiger partial charge on any atom is -0.388 e. The molecule has 0 aromatic carbocycles. The third-order valence-corrected chi connectivity index (χ3v) is 3.48. The van der Waals surface area contributed by atoms with Crippen LogP contribution in [0.5, 0.6) is 0 Å². The third kappa shape index (κ3) is 4.28. The smallest absolute Gasteiger partial charge is 0.239 e. The first kappa shape index (κ1) is 14.5. The van der Waals surface area contributed by atoms with Crippen molar-refractivity contribution in [3.63, 3.8) is 0 Å². The van der Waals surface area contributed by atoms with E-state index in [1.165, 1.54) is 0 Å². The van der Waals surface area contributed by atoms with Crippen molar-refractivity contribution in [3.8, 4) is 0 Å². The van der Waals surface area contributed by atoms with Crippen molar-refractivity contribution in [2.45, 2.75) is 57.6 Å². The fraction of sp³-hybridized carbons (Fsp3) is 0.923. The molecule has 0 bridgehead atoms. The lowest BCUT2D eigenvalue weighted by Crippen LogP contribution is -2.48. The first-order valence-electron chi connectivity index (χ1n) is 6.57. The van der Waals surface area contributed by atoms with Gasteiger partial charge in [0, 0.05) is 13.6 Å². The number of nitrogens with zero attached hydrogens (tertiary/aromatic N) is 1. The molecule has 0 spiro atoms. The minimum atomic E-state index is -0.679. The van der Waals surface area contributed by atoms with Gasteiger partial charge in [0.25, 0.3) is 0 Å². The Morgan fingerprint density at radius 2 is 1.94 bits per heavy atom. The topological polar surface area (TPSA) is 66.6 Å². The number of hydrogen-bond acceptors (Lipinski definition) is 3. The molecule has 1 fully saturated rings. The summed E-state index contributed by atoms with van der Waals surface area (Å²) in [5.41, 5.74) is 5.18. The highest BCUT2D eigenvalue weighted by Crippen LogP contribution is 2.30. The number of amides is 1. The van der Waals surface area contributed by atoms with Crippen LogP contribution >= 0.6 is 0 Å². The Morgan fingerprint density at radius 3 is 2.41 bits per heavy atom. The number of nitrogens with two attached hydrogens (primary N) is 1. The molecule has 1 aliphatic rings. The molecule has 3 N–H and O–H groups in total. The van der Waals surface area contributed by atoms with Crippen LogP contribution in [-0.2, 0) is 4.79 Å². The molecule has 0 heterocycles. The van der Waals surface area contributed by atoms with Crippen LogP contribution in [0.4, 0.5) is 0 Å². The fourth-order valence-corrected chi connectivity index (χ4v) is 2.60. The summed E-state index contributed by atoms with van der Waals surface area (Å²) in [6, 6.07) is -0.440. The van der Waals surface area contributed by atoms with Gasteiger partial charge in [0.15, 0.2) is 0 Å². The number of carbonyl (C=O) groups is 1. The Balaban J connectivity index is 2.46. The lowest BCUT2D eigenvalue weighted by Gasteiger charge is -2.30. The second-order valence-electron chi connectivity index (χ2n) is 5.86. The van der Waals surface area contributed by atoms with E-state index >= 15 is 0 Å². The van der Waals surface area contributed by atoms with Crippen LogP contribution in [0.1, 0.15) is 46.0 Å². The molecule has 0 unspecified atom stereocenters. The zero-order valence-electron chi connectivity index (χ0n) is 11.3. The quantitative estimate of drug-likeness (QED) is 0.759. The van der Waals surface area contributed by atoms with E-state index in [1.54, 1.807) is 11.9 Å². The van der Waals surface area contributed by atoms with E-state index in [-0.39, 0.29) is 5.91 Å². The lowest BCUT2D eigenvalue weighted by molar-refractivity contribution is -0.134. The average Bonchev–Trinajstić information content (AvgIpc) is 2.62. The van der Waals surface area contributed by atoms with Crippen LogP contribution in [-0.4, -0.2) is 41.1 Å². The van der Waals surface area contributed by atoms with Crippen molar-refractivity contribution in [2.24, 2.45) is 11.7 Å². The van der Waals surface area contributed by atoms with Crippen LogP contribution in [0, 0.1) is 5.92 Å². The van der Waals surface area contributed by atoms with Gasteiger partial charge in [-0.15, -0.1) is 0 Å². The molecule has 4 heteroatoms. The normalized spacial score (nSPS) is 20.6. The molecule has 1 saturated carbocycles. The Morgan fingerprint density at radius 1 is 1.41 bits per heavy atom. The minimum absolute atomic E-state index is 0.0565. The van der Waals surface area contributed by atoms with Crippen LogP contribution in [0.2, 0.25) is 0 Å². The van der Waals surface area contributed by atoms with E-state index in [0.717, 1.165) is 25.7 Å². The van der Waals surface area contributed by atoms with Crippen molar-refractivity contribution in [3.05, 3.63) is 0 Å². The summed E-state index contributed by atoms with van der Waals surface area (Å²) < 4.78 is 0. The van der Waals surface area contributed by atoms with Gasteiger partial charge in [0.1, 0.15) is 0 Å². The van der Waals surface area contributed by atoms with Crippen molar-refractivity contribution in [1.82, 2.24) is 4.90 Å². The molecule has 1 aliphatic carbocycles. The molecule has 0 aliphatic heterocycles. The van der Waals surface area contributed by atoms with Crippen LogP contribution < -0.4 is 5.73 Å². The van der Waals surface area contributed by atoms with Crippen LogP contribution in [0.15, 0.2) is 0 Å². The number of aliphatic hydroxyl groups is 1. The summed E-state index contributed by atoms with van der Waals surface area (Å²) in [6.07, 6.45) is 4.39. The zero-order valence-corrected chi connectivity index (χ0v) is 11.3. The molecule has 17 heavy (non-hydrogen) atoms. The zero-order chi connectivity index (χ0) is 13.1. The Bertz CT molecular complexity index is 260. The molecular formula is C13H26N2O2. The number of carbonyl (C=O) groups excluding carboxylic acids is 1. The molecule has 0 radical (unpaired) electrons. The SMILES string of the molecule is CC(C)C[C@@H](N)C(=O)N(C)CC1(O)CCCC1. The maximum atomic E-state index is 12.0. The van der Waals surface area contributed by atoms with E-state index in [4.69, 9.17) is 5.73 Å². The van der Waals surface area contributed by atoms with E-state index in [1.807, 2.05) is 0 Å². The monoisotopic (exact) mass is 242 g/mol. The molecule has 0 aromatic rings. The molecule has 1 atom stereocenters. The predicted molar refractivity (Wildman–Crippen MR) is 68.5 cm³/mol. The van der Waals surface area contributed by atoms with Crippen LogP contribution in [0.3, 0.4) is 0 Å². The van der Waals surface area contributed by atoms with Gasteiger partial charge in [-0.1, -0.05) is 26.7 Å². The summed E-state index contributed by atoms with van der Waals surface area (Å²) >= 11 is 0. The van der Waals surface area contributed by atoms with Crippen LogP contribution in [0.25, 0.3) is 0 Å². The Hall–Kier alpha value is -0.610. The maximum absolute atomic E-state index is 12.0. The van der Waals surface area contributed by atoms with Crippen molar-refractivity contribution in [1.29, 1.82) is 0 Å². The molecule has 100 valence electrons. The summed E-state index contributed by atoms with van der Waals surface area (Å²) in [7, 11) is 1.73. The first-order chi connectivity index (χ1) is 7.84. The number of rotatable bonds is 5. The summed E-state index contributed by atoms with van der Waals surface area (Å²) in [4.78, 5) is 13.6. The van der Waals surface area contributed by atoms with Gasteiger partial charge in [-0.3, -0.25) is 4.79 Å². The second kappa shape index (κ2) is 5.83. The highest BCUT2D eigenvalue weighted by molar-refractivity contribution is 5.81. The molecular weight excluding hydrogens is 216 g/mol. The molecule has 1 rings (SSSR count). The lowest BCUT2D eigenvalue weighted by atomic mass is 10.00. The number of likely N-dealkylation sites (N-methyl/N-ethyl adjacent to an activating group) is 1. The average molecular weight is 242 g/mol. The molecule has 4 nitrogen and oxygen atoms in total. The summed E-state index contributed by atoms with van der Waals surface area (Å²) in [6.45, 7) is 4.52. The molecule has 1 amide bonds. The highest BCUT2D eigenvalue weighted by Gasteiger charge is 2.34. The fourth-order valence-electron chi connectivity index (χ4n) is 2.60. The van der Waals surface area contributed by atoms with Gasteiger partial charge < -0.3 is 15.7 Å². The van der Waals surface area contributed by atoms with Gasteiger partial charge in [-0.05, 0) is 25.2 Å². The summed E-state index contributed by atoms with van der Waals surface area (Å²) in [5, 5.41) is 10.2. The van der Waals surface area contributed by atoms with Crippen molar-refractivity contribution < 1.29 is 9.90 Å². The second-order valence-corrected chi connectivity index (χ2v) is 5.86. The Labute approximate surface area is 104 Å². The largest absolute Gasteiger partial charge is 0.388 e. The van der Waals surface area contributed by atoms with E-state index in [2.05, 4.69) is 13.8 Å². The molecule has 0 saturated heterocycles. The number of hydrogen-bond donors (Lipinski definition) is 2.